The lowest BCUT2D eigenvalue weighted by Gasteiger charge is -2.05. The number of aromatic nitrogens is 4. The Morgan fingerprint density at radius 1 is 0.957 bits per heavy atom. The maximum absolute atomic E-state index is 6.16. The first-order valence-corrected chi connectivity index (χ1v) is 7.35. The summed E-state index contributed by atoms with van der Waals surface area (Å²) in [5.41, 5.74) is 10.9. The predicted molar refractivity (Wildman–Crippen MR) is 90.8 cm³/mol. The molecule has 0 saturated heterocycles. The van der Waals surface area contributed by atoms with Gasteiger partial charge in [0.15, 0.2) is 5.65 Å². The maximum Gasteiger partial charge on any atom is 0.200 e. The molecule has 5 heteroatoms. The zero-order valence-corrected chi connectivity index (χ0v) is 12.6. The first-order valence-electron chi connectivity index (χ1n) is 7.35. The molecule has 0 aliphatic carbocycles. The molecule has 3 aromatic heterocycles. The van der Waals surface area contributed by atoms with E-state index in [-0.39, 0.29) is 0 Å². The van der Waals surface area contributed by atoms with Crippen molar-refractivity contribution in [1.82, 2.24) is 19.6 Å². The number of aryl methyl sites for hydroxylation is 1. The third kappa shape index (κ3) is 2.42. The number of hydrogen-bond acceptors (Lipinski definition) is 4. The Morgan fingerprint density at radius 2 is 1.78 bits per heavy atom. The molecule has 0 unspecified atom stereocenters. The van der Waals surface area contributed by atoms with Gasteiger partial charge >= 0.3 is 0 Å². The summed E-state index contributed by atoms with van der Waals surface area (Å²) in [7, 11) is 0. The highest BCUT2D eigenvalue weighted by Gasteiger charge is 2.11. The van der Waals surface area contributed by atoms with Crippen LogP contribution in [-0.4, -0.2) is 19.6 Å². The lowest BCUT2D eigenvalue weighted by atomic mass is 10.1. The molecule has 0 amide bonds. The fraction of sp³-hybridized carbons (Fsp3) is 0.0556. The molecule has 4 aromatic rings. The molecule has 0 bridgehead atoms. The van der Waals surface area contributed by atoms with Crippen molar-refractivity contribution in [2.24, 2.45) is 0 Å². The SMILES string of the molecule is Cc1ccc(-c2cc(N)n3nc(-c4ccccn4)nc3c2)cc1. The van der Waals surface area contributed by atoms with Gasteiger partial charge in [-0.1, -0.05) is 35.9 Å². The van der Waals surface area contributed by atoms with E-state index in [1.807, 2.05) is 30.3 Å². The monoisotopic (exact) mass is 301 g/mol. The van der Waals surface area contributed by atoms with Crippen LogP contribution in [0, 0.1) is 6.92 Å². The average Bonchev–Trinajstić information content (AvgIpc) is 3.01. The van der Waals surface area contributed by atoms with Gasteiger partial charge in [-0.3, -0.25) is 4.98 Å². The Kier molecular flexibility index (Phi) is 3.05. The molecule has 1 aromatic carbocycles. The Bertz CT molecular complexity index is 972. The van der Waals surface area contributed by atoms with Crippen LogP contribution >= 0.6 is 0 Å². The molecule has 4 rings (SSSR count). The fourth-order valence-electron chi connectivity index (χ4n) is 2.53. The number of fused-ring (bicyclic) bond motifs is 1. The van der Waals surface area contributed by atoms with Gasteiger partial charge in [-0.05, 0) is 42.3 Å². The summed E-state index contributed by atoms with van der Waals surface area (Å²) in [5.74, 6) is 1.12. The Morgan fingerprint density at radius 3 is 2.52 bits per heavy atom. The van der Waals surface area contributed by atoms with Gasteiger partial charge in [0, 0.05) is 6.20 Å². The summed E-state index contributed by atoms with van der Waals surface area (Å²) in [4.78, 5) is 8.84. The van der Waals surface area contributed by atoms with Gasteiger partial charge in [-0.2, -0.15) is 4.52 Å². The molecular weight excluding hydrogens is 286 g/mol. The number of nitrogen functional groups attached to an aromatic ring is 1. The largest absolute Gasteiger partial charge is 0.384 e. The smallest absolute Gasteiger partial charge is 0.200 e. The van der Waals surface area contributed by atoms with Gasteiger partial charge in [0.05, 0.1) is 0 Å². The number of benzene rings is 1. The lowest BCUT2D eigenvalue weighted by molar-refractivity contribution is 0.975. The van der Waals surface area contributed by atoms with Crippen LogP contribution < -0.4 is 5.73 Å². The Labute approximate surface area is 133 Å². The van der Waals surface area contributed by atoms with Gasteiger partial charge in [-0.25, -0.2) is 4.98 Å². The molecule has 0 atom stereocenters. The van der Waals surface area contributed by atoms with Gasteiger partial charge in [0.2, 0.25) is 5.82 Å². The minimum atomic E-state index is 0.549. The van der Waals surface area contributed by atoms with E-state index >= 15 is 0 Å². The van der Waals surface area contributed by atoms with Crippen LogP contribution in [0.15, 0.2) is 60.8 Å². The van der Waals surface area contributed by atoms with Gasteiger partial charge in [-0.15, -0.1) is 5.10 Å². The molecule has 0 radical (unpaired) electrons. The first-order chi connectivity index (χ1) is 11.2. The van der Waals surface area contributed by atoms with Gasteiger partial charge in [0.1, 0.15) is 11.5 Å². The van der Waals surface area contributed by atoms with E-state index in [4.69, 9.17) is 5.73 Å². The highest BCUT2D eigenvalue weighted by atomic mass is 15.3. The standard InChI is InChI=1S/C18H15N5/c1-12-5-7-13(8-6-12)14-10-16(19)23-17(11-14)21-18(22-23)15-4-2-3-9-20-15/h2-11H,19H2,1H3. The van der Waals surface area contributed by atoms with Crippen LogP contribution in [0.25, 0.3) is 28.3 Å². The second-order valence-electron chi connectivity index (χ2n) is 5.46. The van der Waals surface area contributed by atoms with Crippen LogP contribution in [0.2, 0.25) is 0 Å². The average molecular weight is 301 g/mol. The van der Waals surface area contributed by atoms with E-state index in [1.165, 1.54) is 5.56 Å². The highest BCUT2D eigenvalue weighted by molar-refractivity contribution is 5.72. The van der Waals surface area contributed by atoms with Crippen LogP contribution in [0.3, 0.4) is 0 Å². The van der Waals surface area contributed by atoms with E-state index in [2.05, 4.69) is 46.3 Å². The van der Waals surface area contributed by atoms with Crippen molar-refractivity contribution in [3.63, 3.8) is 0 Å². The third-order valence-electron chi connectivity index (χ3n) is 3.74. The maximum atomic E-state index is 6.16. The van der Waals surface area contributed by atoms with Crippen molar-refractivity contribution >= 4 is 11.5 Å². The lowest BCUT2D eigenvalue weighted by Crippen LogP contribution is -1.99. The molecule has 2 N–H and O–H groups in total. The second-order valence-corrected chi connectivity index (χ2v) is 5.46. The predicted octanol–water partition coefficient (Wildman–Crippen LogP) is 3.35. The summed E-state index contributed by atoms with van der Waals surface area (Å²) < 4.78 is 1.64. The van der Waals surface area contributed by atoms with Crippen molar-refractivity contribution in [2.75, 3.05) is 5.73 Å². The summed E-state index contributed by atoms with van der Waals surface area (Å²) in [5, 5.41) is 4.45. The fourth-order valence-corrected chi connectivity index (χ4v) is 2.53. The van der Waals surface area contributed by atoms with Crippen LogP contribution in [0.5, 0.6) is 0 Å². The Hall–Kier alpha value is -3.21. The van der Waals surface area contributed by atoms with Gasteiger partial charge < -0.3 is 5.73 Å². The van der Waals surface area contributed by atoms with Crippen LogP contribution in [-0.2, 0) is 0 Å². The zero-order chi connectivity index (χ0) is 15.8. The number of pyridine rings is 2. The van der Waals surface area contributed by atoms with E-state index in [1.54, 1.807) is 10.7 Å². The molecule has 5 nitrogen and oxygen atoms in total. The van der Waals surface area contributed by atoms with Crippen LogP contribution in [0.1, 0.15) is 5.56 Å². The zero-order valence-electron chi connectivity index (χ0n) is 12.6. The van der Waals surface area contributed by atoms with E-state index in [0.29, 0.717) is 17.3 Å². The quantitative estimate of drug-likeness (QED) is 0.616. The number of hydrogen-bond donors (Lipinski definition) is 1. The molecule has 3 heterocycles. The second kappa shape index (κ2) is 5.21. The first kappa shape index (κ1) is 13.5. The summed E-state index contributed by atoms with van der Waals surface area (Å²) in [6.07, 6.45) is 1.72. The Balaban J connectivity index is 1.86. The molecule has 0 fully saturated rings. The molecule has 0 aliphatic rings. The highest BCUT2D eigenvalue weighted by Crippen LogP contribution is 2.25. The number of rotatable bonds is 2. The number of nitrogens with zero attached hydrogens (tertiary/aromatic N) is 4. The molecule has 0 aliphatic heterocycles. The topological polar surface area (TPSA) is 69.1 Å². The normalized spacial score (nSPS) is 11.0. The van der Waals surface area contributed by atoms with E-state index in [9.17, 15) is 0 Å². The van der Waals surface area contributed by atoms with Crippen molar-refractivity contribution in [3.8, 4) is 22.6 Å². The number of nitrogens with two attached hydrogens (primary N) is 1. The van der Waals surface area contributed by atoms with Crippen LogP contribution in [0.4, 0.5) is 5.82 Å². The molecular formula is C18H15N5. The van der Waals surface area contributed by atoms with Crippen molar-refractivity contribution in [2.45, 2.75) is 6.92 Å². The van der Waals surface area contributed by atoms with Crippen molar-refractivity contribution in [3.05, 3.63) is 66.4 Å². The summed E-state index contributed by atoms with van der Waals surface area (Å²) in [6, 6.07) is 17.9. The van der Waals surface area contributed by atoms with E-state index in [0.717, 1.165) is 16.8 Å². The molecule has 0 saturated carbocycles. The third-order valence-corrected chi connectivity index (χ3v) is 3.74. The minimum absolute atomic E-state index is 0.549. The molecule has 23 heavy (non-hydrogen) atoms. The summed E-state index contributed by atoms with van der Waals surface area (Å²) in [6.45, 7) is 2.07. The van der Waals surface area contributed by atoms with Gasteiger partial charge in [0.25, 0.3) is 0 Å². The van der Waals surface area contributed by atoms with Crippen molar-refractivity contribution < 1.29 is 0 Å². The minimum Gasteiger partial charge on any atom is -0.384 e. The van der Waals surface area contributed by atoms with Crippen molar-refractivity contribution in [1.29, 1.82) is 0 Å². The summed E-state index contributed by atoms with van der Waals surface area (Å²) >= 11 is 0. The molecule has 112 valence electrons. The van der Waals surface area contributed by atoms with E-state index < -0.39 is 0 Å². The number of anilines is 1. The molecule has 0 spiro atoms.